The van der Waals surface area contributed by atoms with Gasteiger partial charge in [-0.2, -0.15) is 0 Å². The number of methoxy groups -OCH3 is 1. The highest BCUT2D eigenvalue weighted by Crippen LogP contribution is 2.20. The van der Waals surface area contributed by atoms with Crippen LogP contribution in [0.4, 0.5) is 0 Å². The molecule has 13 heavy (non-hydrogen) atoms. The summed E-state index contributed by atoms with van der Waals surface area (Å²) in [5.74, 6) is 0. The Bertz CT molecular complexity index is 226. The van der Waals surface area contributed by atoms with Crippen LogP contribution in [0.5, 0.6) is 0 Å². The smallest absolute Gasteiger partial charge is 0.0791 e. The molecule has 1 aliphatic carbocycles. The fourth-order valence-corrected chi connectivity index (χ4v) is 1.97. The summed E-state index contributed by atoms with van der Waals surface area (Å²) in [5, 5.41) is 0. The summed E-state index contributed by atoms with van der Waals surface area (Å²) in [7, 11) is 1.77. The predicted molar refractivity (Wildman–Crippen MR) is 53.4 cm³/mol. The van der Waals surface area contributed by atoms with Crippen molar-refractivity contribution in [3.8, 4) is 0 Å². The summed E-state index contributed by atoms with van der Waals surface area (Å²) in [5.41, 5.74) is 1.39. The second-order valence-electron chi connectivity index (χ2n) is 3.69. The van der Waals surface area contributed by atoms with Crippen LogP contribution >= 0.6 is 0 Å². The van der Waals surface area contributed by atoms with Crippen molar-refractivity contribution < 1.29 is 4.74 Å². The van der Waals surface area contributed by atoms with E-state index in [2.05, 4.69) is 23.1 Å². The van der Waals surface area contributed by atoms with Gasteiger partial charge in [-0.05, 0) is 25.3 Å². The fraction of sp³-hybridized carbons (Fsp3) is 0.636. The van der Waals surface area contributed by atoms with Crippen LogP contribution in [0.15, 0.2) is 23.9 Å². The zero-order chi connectivity index (χ0) is 9.10. The molecule has 1 unspecified atom stereocenters. The average Bonchev–Trinajstić information content (AvgIpc) is 2.71. The van der Waals surface area contributed by atoms with Crippen LogP contribution in [0, 0.1) is 0 Å². The number of likely N-dealkylation sites (tertiary alicyclic amines) is 1. The lowest BCUT2D eigenvalue weighted by atomic mass is 10.1. The van der Waals surface area contributed by atoms with Gasteiger partial charge in [0.05, 0.1) is 6.10 Å². The molecule has 0 aromatic heterocycles. The van der Waals surface area contributed by atoms with Crippen LogP contribution in [-0.4, -0.2) is 31.2 Å². The van der Waals surface area contributed by atoms with Crippen molar-refractivity contribution in [2.45, 2.75) is 25.4 Å². The number of allylic oxidation sites excluding steroid dienone is 1. The molecule has 1 aliphatic heterocycles. The Hall–Kier alpha value is -0.760. The molecule has 0 aromatic rings. The Balaban J connectivity index is 1.95. The maximum atomic E-state index is 5.25. The van der Waals surface area contributed by atoms with Crippen LogP contribution in [0.25, 0.3) is 0 Å². The van der Waals surface area contributed by atoms with E-state index in [0.29, 0.717) is 6.10 Å². The molecule has 0 amide bonds. The minimum atomic E-state index is 0.298. The number of nitrogens with zero attached hydrogens (tertiary/aromatic N) is 1. The normalized spacial score (nSPS) is 27.9. The molecule has 1 atom stereocenters. The van der Waals surface area contributed by atoms with Crippen molar-refractivity contribution in [1.82, 2.24) is 4.90 Å². The first-order chi connectivity index (χ1) is 6.40. The van der Waals surface area contributed by atoms with Crippen molar-refractivity contribution in [1.29, 1.82) is 0 Å². The second kappa shape index (κ2) is 3.97. The highest BCUT2D eigenvalue weighted by atomic mass is 16.5. The van der Waals surface area contributed by atoms with Crippen LogP contribution in [0.3, 0.4) is 0 Å². The molecule has 0 aromatic carbocycles. The van der Waals surface area contributed by atoms with Crippen molar-refractivity contribution in [3.05, 3.63) is 23.9 Å². The zero-order valence-electron chi connectivity index (χ0n) is 8.20. The van der Waals surface area contributed by atoms with E-state index < -0.39 is 0 Å². The van der Waals surface area contributed by atoms with Gasteiger partial charge in [-0.25, -0.2) is 0 Å². The molecule has 0 radical (unpaired) electrons. The molecule has 0 N–H and O–H groups in total. The molecule has 1 saturated heterocycles. The minimum Gasteiger partial charge on any atom is -0.377 e. The van der Waals surface area contributed by atoms with Crippen molar-refractivity contribution in [2.24, 2.45) is 0 Å². The first-order valence-corrected chi connectivity index (χ1v) is 5.06. The van der Waals surface area contributed by atoms with E-state index in [1.54, 1.807) is 7.11 Å². The summed E-state index contributed by atoms with van der Waals surface area (Å²) in [4.78, 5) is 2.46. The summed E-state index contributed by atoms with van der Waals surface area (Å²) in [6, 6.07) is 0. The third-order valence-electron chi connectivity index (χ3n) is 2.81. The SMILES string of the molecule is COC1C=CC(N2CCCC2)=CC1. The van der Waals surface area contributed by atoms with Crippen molar-refractivity contribution in [2.75, 3.05) is 20.2 Å². The van der Waals surface area contributed by atoms with Crippen molar-refractivity contribution >= 4 is 0 Å². The quantitative estimate of drug-likeness (QED) is 0.642. The van der Waals surface area contributed by atoms with Gasteiger partial charge in [-0.1, -0.05) is 12.2 Å². The monoisotopic (exact) mass is 179 g/mol. The maximum Gasteiger partial charge on any atom is 0.0791 e. The van der Waals surface area contributed by atoms with Gasteiger partial charge in [0.2, 0.25) is 0 Å². The Morgan fingerprint density at radius 3 is 2.69 bits per heavy atom. The van der Waals surface area contributed by atoms with Gasteiger partial charge in [0.1, 0.15) is 0 Å². The highest BCUT2D eigenvalue weighted by molar-refractivity contribution is 5.24. The largest absolute Gasteiger partial charge is 0.377 e. The van der Waals surface area contributed by atoms with Gasteiger partial charge >= 0.3 is 0 Å². The molecule has 0 saturated carbocycles. The van der Waals surface area contributed by atoms with Gasteiger partial charge in [-0.15, -0.1) is 0 Å². The van der Waals surface area contributed by atoms with E-state index in [4.69, 9.17) is 4.74 Å². The van der Waals surface area contributed by atoms with Crippen LogP contribution in [-0.2, 0) is 4.74 Å². The van der Waals surface area contributed by atoms with Gasteiger partial charge in [-0.3, -0.25) is 0 Å². The van der Waals surface area contributed by atoms with Gasteiger partial charge in [0.15, 0.2) is 0 Å². The third-order valence-corrected chi connectivity index (χ3v) is 2.81. The number of hydrogen-bond acceptors (Lipinski definition) is 2. The minimum absolute atomic E-state index is 0.298. The topological polar surface area (TPSA) is 12.5 Å². The van der Waals surface area contributed by atoms with E-state index in [1.165, 1.54) is 31.6 Å². The molecule has 0 bridgehead atoms. The second-order valence-corrected chi connectivity index (χ2v) is 3.69. The molecule has 2 nitrogen and oxygen atoms in total. The van der Waals surface area contributed by atoms with Crippen LogP contribution in [0.2, 0.25) is 0 Å². The predicted octanol–water partition coefficient (Wildman–Crippen LogP) is 1.94. The lowest BCUT2D eigenvalue weighted by Gasteiger charge is -2.23. The lowest BCUT2D eigenvalue weighted by Crippen LogP contribution is -2.20. The average molecular weight is 179 g/mol. The zero-order valence-corrected chi connectivity index (χ0v) is 8.20. The molecule has 0 spiro atoms. The van der Waals surface area contributed by atoms with E-state index in [0.717, 1.165) is 6.42 Å². The fourth-order valence-electron chi connectivity index (χ4n) is 1.97. The Morgan fingerprint density at radius 1 is 1.38 bits per heavy atom. The molecule has 72 valence electrons. The third kappa shape index (κ3) is 1.94. The summed E-state index contributed by atoms with van der Waals surface area (Å²) >= 11 is 0. The molecule has 2 aliphatic rings. The standard InChI is InChI=1S/C11H17NO/c1-13-11-6-4-10(5-7-11)12-8-2-3-9-12/h4-6,11H,2-3,7-9H2,1H3. The van der Waals surface area contributed by atoms with E-state index >= 15 is 0 Å². The summed E-state index contributed by atoms with van der Waals surface area (Å²) < 4.78 is 5.25. The number of ether oxygens (including phenoxy) is 1. The van der Waals surface area contributed by atoms with Gasteiger partial charge in [0, 0.05) is 25.9 Å². The van der Waals surface area contributed by atoms with E-state index in [9.17, 15) is 0 Å². The molecule has 1 fully saturated rings. The van der Waals surface area contributed by atoms with Crippen molar-refractivity contribution in [3.63, 3.8) is 0 Å². The van der Waals surface area contributed by atoms with E-state index in [-0.39, 0.29) is 0 Å². The molecule has 2 heteroatoms. The Morgan fingerprint density at radius 2 is 2.15 bits per heavy atom. The van der Waals surface area contributed by atoms with Crippen LogP contribution < -0.4 is 0 Å². The van der Waals surface area contributed by atoms with Gasteiger partial charge in [0.25, 0.3) is 0 Å². The lowest BCUT2D eigenvalue weighted by molar-refractivity contribution is 0.141. The highest BCUT2D eigenvalue weighted by Gasteiger charge is 2.15. The number of rotatable bonds is 2. The van der Waals surface area contributed by atoms with E-state index in [1.807, 2.05) is 0 Å². The first kappa shape index (κ1) is 8.82. The molecule has 1 heterocycles. The number of hydrogen-bond donors (Lipinski definition) is 0. The maximum absolute atomic E-state index is 5.25. The van der Waals surface area contributed by atoms with Gasteiger partial charge < -0.3 is 9.64 Å². The summed E-state index contributed by atoms with van der Waals surface area (Å²) in [6.45, 7) is 2.46. The first-order valence-electron chi connectivity index (χ1n) is 5.06. The molecular formula is C11H17NO. The Kier molecular flexibility index (Phi) is 2.69. The van der Waals surface area contributed by atoms with Crippen LogP contribution in [0.1, 0.15) is 19.3 Å². The Labute approximate surface area is 79.9 Å². The molecular weight excluding hydrogens is 162 g/mol. The summed E-state index contributed by atoms with van der Waals surface area (Å²) in [6.07, 6.45) is 10.7. The molecule has 2 rings (SSSR count).